The summed E-state index contributed by atoms with van der Waals surface area (Å²) in [5, 5.41) is 0. The van der Waals surface area contributed by atoms with E-state index in [4.69, 9.17) is 4.74 Å². The van der Waals surface area contributed by atoms with Crippen molar-refractivity contribution >= 4 is 5.97 Å². The summed E-state index contributed by atoms with van der Waals surface area (Å²) in [5.41, 5.74) is 3.00. The summed E-state index contributed by atoms with van der Waals surface area (Å²) < 4.78 is 5.23. The van der Waals surface area contributed by atoms with E-state index in [1.54, 1.807) is 0 Å². The van der Waals surface area contributed by atoms with E-state index >= 15 is 0 Å². The van der Waals surface area contributed by atoms with Gasteiger partial charge in [0.25, 0.3) is 0 Å². The zero-order valence-electron chi connectivity index (χ0n) is 12.9. The molecule has 1 saturated heterocycles. The summed E-state index contributed by atoms with van der Waals surface area (Å²) in [6, 6.07) is 8.80. The van der Waals surface area contributed by atoms with Gasteiger partial charge >= 0.3 is 5.97 Å². The summed E-state index contributed by atoms with van der Waals surface area (Å²) in [6.45, 7) is 4.40. The SMILES string of the molecule is CCOC(=O)C1CCCN1CC1CCCc2ccccc21. The molecule has 1 aliphatic carbocycles. The number of nitrogens with zero attached hydrogens (tertiary/aromatic N) is 1. The average Bonchev–Trinajstić information content (AvgIpc) is 2.96. The zero-order chi connectivity index (χ0) is 14.7. The van der Waals surface area contributed by atoms with Gasteiger partial charge in [-0.25, -0.2) is 0 Å². The third kappa shape index (κ3) is 3.13. The van der Waals surface area contributed by atoms with E-state index in [0.29, 0.717) is 12.5 Å². The molecule has 1 fully saturated rings. The highest BCUT2D eigenvalue weighted by Gasteiger charge is 2.34. The number of carbonyl (C=O) groups is 1. The van der Waals surface area contributed by atoms with Crippen LogP contribution in [0.5, 0.6) is 0 Å². The predicted molar refractivity (Wildman–Crippen MR) is 83.3 cm³/mol. The Labute approximate surface area is 127 Å². The van der Waals surface area contributed by atoms with Gasteiger partial charge < -0.3 is 4.74 Å². The Morgan fingerprint density at radius 1 is 1.29 bits per heavy atom. The second-order valence-electron chi connectivity index (χ2n) is 6.19. The lowest BCUT2D eigenvalue weighted by molar-refractivity contribution is -0.148. The lowest BCUT2D eigenvalue weighted by Crippen LogP contribution is -2.40. The summed E-state index contributed by atoms with van der Waals surface area (Å²) in [5.74, 6) is 0.545. The van der Waals surface area contributed by atoms with Crippen molar-refractivity contribution in [3.8, 4) is 0 Å². The number of benzene rings is 1. The van der Waals surface area contributed by atoms with Gasteiger partial charge in [0.05, 0.1) is 6.61 Å². The van der Waals surface area contributed by atoms with E-state index in [9.17, 15) is 4.79 Å². The van der Waals surface area contributed by atoms with Gasteiger partial charge in [0, 0.05) is 6.54 Å². The molecule has 0 amide bonds. The van der Waals surface area contributed by atoms with Crippen LogP contribution >= 0.6 is 0 Å². The van der Waals surface area contributed by atoms with Crippen molar-refractivity contribution in [3.63, 3.8) is 0 Å². The van der Waals surface area contributed by atoms with Crippen LogP contribution < -0.4 is 0 Å². The van der Waals surface area contributed by atoms with E-state index < -0.39 is 0 Å². The molecule has 3 heteroatoms. The predicted octanol–water partition coefficient (Wildman–Crippen LogP) is 3.13. The monoisotopic (exact) mass is 287 g/mol. The van der Waals surface area contributed by atoms with Crippen LogP contribution in [0.25, 0.3) is 0 Å². The van der Waals surface area contributed by atoms with Crippen LogP contribution in [0.3, 0.4) is 0 Å². The summed E-state index contributed by atoms with van der Waals surface area (Å²) in [7, 11) is 0. The molecule has 0 N–H and O–H groups in total. The van der Waals surface area contributed by atoms with Gasteiger partial charge in [0.2, 0.25) is 0 Å². The van der Waals surface area contributed by atoms with Crippen molar-refractivity contribution < 1.29 is 9.53 Å². The minimum atomic E-state index is -0.0286. The maximum Gasteiger partial charge on any atom is 0.323 e. The Bertz CT molecular complexity index is 500. The van der Waals surface area contributed by atoms with Crippen molar-refractivity contribution in [3.05, 3.63) is 35.4 Å². The molecule has 0 radical (unpaired) electrons. The summed E-state index contributed by atoms with van der Waals surface area (Å²) >= 11 is 0. The first-order chi connectivity index (χ1) is 10.3. The first-order valence-electron chi connectivity index (χ1n) is 8.28. The maximum absolute atomic E-state index is 12.1. The molecule has 0 saturated carbocycles. The quantitative estimate of drug-likeness (QED) is 0.797. The van der Waals surface area contributed by atoms with E-state index in [1.165, 1.54) is 30.4 Å². The number of ether oxygens (including phenoxy) is 1. The highest BCUT2D eigenvalue weighted by atomic mass is 16.5. The normalized spacial score (nSPS) is 25.6. The highest BCUT2D eigenvalue weighted by Crippen LogP contribution is 2.33. The Morgan fingerprint density at radius 2 is 2.14 bits per heavy atom. The van der Waals surface area contributed by atoms with Crippen molar-refractivity contribution in [1.29, 1.82) is 0 Å². The van der Waals surface area contributed by atoms with Gasteiger partial charge in [-0.3, -0.25) is 9.69 Å². The number of likely N-dealkylation sites (tertiary alicyclic amines) is 1. The number of esters is 1. The summed E-state index contributed by atoms with van der Waals surface area (Å²) in [6.07, 6.45) is 5.77. The van der Waals surface area contributed by atoms with Crippen LogP contribution in [0.1, 0.15) is 49.7 Å². The smallest absolute Gasteiger partial charge is 0.323 e. The molecule has 1 heterocycles. The van der Waals surface area contributed by atoms with Gasteiger partial charge in [-0.2, -0.15) is 0 Å². The van der Waals surface area contributed by atoms with Crippen LogP contribution in [0.15, 0.2) is 24.3 Å². The number of rotatable bonds is 4. The summed E-state index contributed by atoms with van der Waals surface area (Å²) in [4.78, 5) is 14.4. The lowest BCUT2D eigenvalue weighted by atomic mass is 9.82. The topological polar surface area (TPSA) is 29.5 Å². The lowest BCUT2D eigenvalue weighted by Gasteiger charge is -2.31. The van der Waals surface area contributed by atoms with E-state index in [0.717, 1.165) is 25.9 Å². The van der Waals surface area contributed by atoms with Crippen LogP contribution in [0, 0.1) is 0 Å². The largest absolute Gasteiger partial charge is 0.465 e. The van der Waals surface area contributed by atoms with E-state index in [-0.39, 0.29) is 12.0 Å². The van der Waals surface area contributed by atoms with Crippen LogP contribution in [0.4, 0.5) is 0 Å². The minimum absolute atomic E-state index is 0.0148. The van der Waals surface area contributed by atoms with Crippen LogP contribution in [0.2, 0.25) is 0 Å². The first kappa shape index (κ1) is 14.6. The number of hydrogen-bond donors (Lipinski definition) is 0. The molecule has 21 heavy (non-hydrogen) atoms. The van der Waals surface area contributed by atoms with Gasteiger partial charge in [0.1, 0.15) is 6.04 Å². The number of aryl methyl sites for hydroxylation is 1. The fraction of sp³-hybridized carbons (Fsp3) is 0.611. The van der Waals surface area contributed by atoms with Crippen molar-refractivity contribution in [2.45, 2.75) is 51.0 Å². The minimum Gasteiger partial charge on any atom is -0.465 e. The molecule has 1 aromatic rings. The third-order valence-electron chi connectivity index (χ3n) is 4.87. The molecule has 0 aromatic heterocycles. The Hall–Kier alpha value is -1.35. The first-order valence-corrected chi connectivity index (χ1v) is 8.28. The molecule has 0 bridgehead atoms. The van der Waals surface area contributed by atoms with Crippen molar-refractivity contribution in [2.75, 3.05) is 19.7 Å². The molecule has 3 rings (SSSR count). The second kappa shape index (κ2) is 6.61. The molecule has 1 aromatic carbocycles. The van der Waals surface area contributed by atoms with Crippen molar-refractivity contribution in [2.24, 2.45) is 0 Å². The molecule has 0 spiro atoms. The van der Waals surface area contributed by atoms with E-state index in [1.807, 2.05) is 6.92 Å². The standard InChI is InChI=1S/C18H25NO2/c1-2-21-18(20)17-11-6-12-19(17)13-15-9-5-8-14-7-3-4-10-16(14)15/h3-4,7,10,15,17H,2,5-6,8-9,11-13H2,1H3. The second-order valence-corrected chi connectivity index (χ2v) is 6.19. The van der Waals surface area contributed by atoms with Gasteiger partial charge in [0.15, 0.2) is 0 Å². The molecule has 3 nitrogen and oxygen atoms in total. The fourth-order valence-corrected chi connectivity index (χ4v) is 3.88. The maximum atomic E-state index is 12.1. The molecular weight excluding hydrogens is 262 g/mol. The van der Waals surface area contributed by atoms with Crippen LogP contribution in [-0.2, 0) is 16.0 Å². The number of carbonyl (C=O) groups excluding carboxylic acids is 1. The molecular formula is C18H25NO2. The molecule has 2 atom stereocenters. The Morgan fingerprint density at radius 3 is 3.00 bits per heavy atom. The molecule has 114 valence electrons. The van der Waals surface area contributed by atoms with E-state index in [2.05, 4.69) is 29.2 Å². The number of hydrogen-bond acceptors (Lipinski definition) is 3. The molecule has 2 aliphatic rings. The average molecular weight is 287 g/mol. The van der Waals surface area contributed by atoms with Gasteiger partial charge in [-0.15, -0.1) is 0 Å². The molecule has 1 aliphatic heterocycles. The Kier molecular flexibility index (Phi) is 4.59. The molecule has 2 unspecified atom stereocenters. The van der Waals surface area contributed by atoms with Crippen LogP contribution in [-0.4, -0.2) is 36.6 Å². The highest BCUT2D eigenvalue weighted by molar-refractivity contribution is 5.76. The fourth-order valence-electron chi connectivity index (χ4n) is 3.88. The third-order valence-corrected chi connectivity index (χ3v) is 4.87. The zero-order valence-corrected chi connectivity index (χ0v) is 12.9. The van der Waals surface area contributed by atoms with Gasteiger partial charge in [-0.1, -0.05) is 24.3 Å². The Balaban J connectivity index is 1.70. The number of fused-ring (bicyclic) bond motifs is 1. The van der Waals surface area contributed by atoms with Crippen molar-refractivity contribution in [1.82, 2.24) is 4.90 Å². The van der Waals surface area contributed by atoms with Gasteiger partial charge in [-0.05, 0) is 62.6 Å².